The number of hydrogen-bond acceptors (Lipinski definition) is 6. The van der Waals surface area contributed by atoms with Crippen molar-refractivity contribution >= 4 is 0 Å². The summed E-state index contributed by atoms with van der Waals surface area (Å²) in [6.07, 6.45) is 2.21. The van der Waals surface area contributed by atoms with E-state index in [2.05, 4.69) is 6.92 Å². The first-order chi connectivity index (χ1) is 12.4. The molecule has 0 amide bonds. The molecule has 0 bridgehead atoms. The largest absolute Gasteiger partial charge is 0.376 e. The molecule has 1 atom stereocenters. The topological polar surface area (TPSA) is 55.4 Å². The molecule has 0 saturated heterocycles. The molecular formula is C20H42O6. The molecule has 0 aliphatic heterocycles. The Hall–Kier alpha value is -0.240. The normalized spacial score (nSPS) is 13.7. The van der Waals surface area contributed by atoms with E-state index in [-0.39, 0.29) is 24.3 Å². The first-order valence-corrected chi connectivity index (χ1v) is 10.1. The van der Waals surface area contributed by atoms with Crippen LogP contribution in [0.25, 0.3) is 0 Å². The maximum absolute atomic E-state index is 5.97. The second-order valence-corrected chi connectivity index (χ2v) is 6.78. The van der Waals surface area contributed by atoms with Crippen molar-refractivity contribution in [2.75, 3.05) is 39.6 Å². The summed E-state index contributed by atoms with van der Waals surface area (Å²) in [4.78, 5) is 0. The van der Waals surface area contributed by atoms with Crippen molar-refractivity contribution in [3.63, 3.8) is 0 Å². The van der Waals surface area contributed by atoms with Gasteiger partial charge in [0, 0.05) is 39.3 Å². The highest BCUT2D eigenvalue weighted by Crippen LogP contribution is 2.15. The van der Waals surface area contributed by atoms with E-state index in [0.29, 0.717) is 46.1 Å². The average Bonchev–Trinajstić information content (AvgIpc) is 2.58. The van der Waals surface area contributed by atoms with E-state index >= 15 is 0 Å². The van der Waals surface area contributed by atoms with Gasteiger partial charge in [-0.05, 0) is 54.9 Å². The second kappa shape index (κ2) is 15.8. The quantitative estimate of drug-likeness (QED) is 0.334. The van der Waals surface area contributed by atoms with Crippen LogP contribution < -0.4 is 0 Å². The van der Waals surface area contributed by atoms with Gasteiger partial charge >= 0.3 is 0 Å². The molecule has 6 nitrogen and oxygen atoms in total. The van der Waals surface area contributed by atoms with Crippen LogP contribution in [0.15, 0.2) is 0 Å². The summed E-state index contributed by atoms with van der Waals surface area (Å²) in [6, 6.07) is 0. The second-order valence-electron chi connectivity index (χ2n) is 6.78. The molecule has 0 aliphatic rings. The van der Waals surface area contributed by atoms with Gasteiger partial charge in [-0.25, -0.2) is 0 Å². The fourth-order valence-electron chi connectivity index (χ4n) is 2.44. The van der Waals surface area contributed by atoms with E-state index < -0.39 is 0 Å². The van der Waals surface area contributed by atoms with Crippen LogP contribution in [0, 0.1) is 0 Å². The summed E-state index contributed by atoms with van der Waals surface area (Å²) in [6.45, 7) is 17.8. The van der Waals surface area contributed by atoms with E-state index in [1.165, 1.54) is 0 Å². The van der Waals surface area contributed by atoms with Crippen LogP contribution in [0.3, 0.4) is 0 Å². The molecule has 26 heavy (non-hydrogen) atoms. The third kappa shape index (κ3) is 13.9. The van der Waals surface area contributed by atoms with Crippen LogP contribution in [-0.2, 0) is 28.4 Å². The van der Waals surface area contributed by atoms with Gasteiger partial charge in [0.2, 0.25) is 0 Å². The average molecular weight is 379 g/mol. The molecule has 0 aliphatic carbocycles. The standard InChI is InChI=1S/C20H42O6/c1-8-21-18(22-9-2)13-12-17(5)25-16-20(6,7)26-15-14-19(23-10-3)24-11-4/h17-19H,8-16H2,1-7H3. The summed E-state index contributed by atoms with van der Waals surface area (Å²) in [5.74, 6) is 0. The van der Waals surface area contributed by atoms with Crippen LogP contribution in [-0.4, -0.2) is 63.9 Å². The van der Waals surface area contributed by atoms with Gasteiger partial charge in [-0.1, -0.05) is 0 Å². The zero-order valence-corrected chi connectivity index (χ0v) is 18.0. The molecule has 0 aromatic carbocycles. The Morgan fingerprint density at radius 2 is 1.12 bits per heavy atom. The molecule has 158 valence electrons. The molecule has 0 rings (SSSR count). The highest BCUT2D eigenvalue weighted by atomic mass is 16.7. The molecule has 0 saturated carbocycles. The van der Waals surface area contributed by atoms with Crippen LogP contribution in [0.2, 0.25) is 0 Å². The number of ether oxygens (including phenoxy) is 6. The number of hydrogen-bond donors (Lipinski definition) is 0. The smallest absolute Gasteiger partial charge is 0.159 e. The molecule has 0 heterocycles. The van der Waals surface area contributed by atoms with Gasteiger partial charge in [0.1, 0.15) is 0 Å². The van der Waals surface area contributed by atoms with Crippen molar-refractivity contribution in [1.29, 1.82) is 0 Å². The fraction of sp³-hybridized carbons (Fsp3) is 1.00. The third-order valence-corrected chi connectivity index (χ3v) is 3.78. The minimum atomic E-state index is -0.351. The van der Waals surface area contributed by atoms with Gasteiger partial charge in [-0.3, -0.25) is 0 Å². The van der Waals surface area contributed by atoms with Crippen molar-refractivity contribution in [1.82, 2.24) is 0 Å². The molecule has 0 aromatic heterocycles. The van der Waals surface area contributed by atoms with Gasteiger partial charge < -0.3 is 28.4 Å². The summed E-state index contributed by atoms with van der Waals surface area (Å²) in [5.41, 5.74) is -0.351. The lowest BCUT2D eigenvalue weighted by Crippen LogP contribution is -2.34. The van der Waals surface area contributed by atoms with Crippen LogP contribution in [0.5, 0.6) is 0 Å². The fourth-order valence-corrected chi connectivity index (χ4v) is 2.44. The molecule has 6 heteroatoms. The molecule has 0 aromatic rings. The van der Waals surface area contributed by atoms with Crippen molar-refractivity contribution in [3.05, 3.63) is 0 Å². The Morgan fingerprint density at radius 1 is 0.654 bits per heavy atom. The lowest BCUT2D eigenvalue weighted by molar-refractivity contribution is -0.161. The SMILES string of the molecule is CCOC(CCOC(C)(C)COC(C)CCC(OCC)OCC)OCC. The highest BCUT2D eigenvalue weighted by Gasteiger charge is 2.21. The minimum absolute atomic E-state index is 0.126. The van der Waals surface area contributed by atoms with E-state index in [1.807, 2.05) is 41.5 Å². The monoisotopic (exact) mass is 378 g/mol. The Bertz CT molecular complexity index is 299. The van der Waals surface area contributed by atoms with E-state index in [9.17, 15) is 0 Å². The van der Waals surface area contributed by atoms with Gasteiger partial charge in [0.05, 0.1) is 24.9 Å². The molecule has 0 spiro atoms. The van der Waals surface area contributed by atoms with E-state index in [1.54, 1.807) is 0 Å². The Balaban J connectivity index is 4.05. The molecular weight excluding hydrogens is 336 g/mol. The molecule has 1 unspecified atom stereocenters. The Morgan fingerprint density at radius 3 is 1.58 bits per heavy atom. The third-order valence-electron chi connectivity index (χ3n) is 3.78. The zero-order chi connectivity index (χ0) is 19.8. The van der Waals surface area contributed by atoms with E-state index in [4.69, 9.17) is 28.4 Å². The summed E-state index contributed by atoms with van der Waals surface area (Å²) in [7, 11) is 0. The Kier molecular flexibility index (Phi) is 15.6. The molecule has 0 N–H and O–H groups in total. The predicted octanol–water partition coefficient (Wildman–Crippen LogP) is 4.16. The molecule has 0 fully saturated rings. The van der Waals surface area contributed by atoms with Gasteiger partial charge in [-0.2, -0.15) is 0 Å². The number of rotatable bonds is 18. The van der Waals surface area contributed by atoms with Crippen molar-refractivity contribution in [2.24, 2.45) is 0 Å². The first-order valence-electron chi connectivity index (χ1n) is 10.1. The summed E-state index contributed by atoms with van der Waals surface area (Å²) in [5, 5.41) is 0. The van der Waals surface area contributed by atoms with Gasteiger partial charge in [-0.15, -0.1) is 0 Å². The van der Waals surface area contributed by atoms with Crippen LogP contribution in [0.1, 0.15) is 67.7 Å². The maximum atomic E-state index is 5.97. The van der Waals surface area contributed by atoms with E-state index in [0.717, 1.165) is 12.8 Å². The van der Waals surface area contributed by atoms with Crippen molar-refractivity contribution in [3.8, 4) is 0 Å². The zero-order valence-electron chi connectivity index (χ0n) is 18.0. The predicted molar refractivity (Wildman–Crippen MR) is 103 cm³/mol. The van der Waals surface area contributed by atoms with Gasteiger partial charge in [0.15, 0.2) is 12.6 Å². The summed E-state index contributed by atoms with van der Waals surface area (Å²) >= 11 is 0. The minimum Gasteiger partial charge on any atom is -0.376 e. The Labute approximate surface area is 160 Å². The highest BCUT2D eigenvalue weighted by molar-refractivity contribution is 4.69. The van der Waals surface area contributed by atoms with Crippen LogP contribution in [0.4, 0.5) is 0 Å². The van der Waals surface area contributed by atoms with Gasteiger partial charge in [0.25, 0.3) is 0 Å². The van der Waals surface area contributed by atoms with Crippen molar-refractivity contribution in [2.45, 2.75) is 92.0 Å². The lowest BCUT2D eigenvalue weighted by Gasteiger charge is -2.28. The van der Waals surface area contributed by atoms with Crippen LogP contribution >= 0.6 is 0 Å². The summed E-state index contributed by atoms with van der Waals surface area (Å²) < 4.78 is 34.1. The maximum Gasteiger partial charge on any atom is 0.159 e. The van der Waals surface area contributed by atoms with Crippen molar-refractivity contribution < 1.29 is 28.4 Å². The first kappa shape index (κ1) is 25.8. The lowest BCUT2D eigenvalue weighted by atomic mass is 10.1. The molecule has 0 radical (unpaired) electrons.